The molecule has 7 heteroatoms. The van der Waals surface area contributed by atoms with Crippen LogP contribution in [0.5, 0.6) is 0 Å². The number of aromatic amines is 1. The van der Waals surface area contributed by atoms with Crippen LogP contribution in [0.15, 0.2) is 4.79 Å². The van der Waals surface area contributed by atoms with Gasteiger partial charge in [-0.05, 0) is 20.8 Å². The zero-order chi connectivity index (χ0) is 11.1. The molecule has 0 aliphatic heterocycles. The first kappa shape index (κ1) is 10.8. The van der Waals surface area contributed by atoms with E-state index in [4.69, 9.17) is 0 Å². The highest BCUT2D eigenvalue weighted by molar-refractivity contribution is 4.96. The third-order valence-corrected chi connectivity index (χ3v) is 1.60. The van der Waals surface area contributed by atoms with E-state index in [9.17, 15) is 18.0 Å². The summed E-state index contributed by atoms with van der Waals surface area (Å²) in [5.74, 6) is -1.20. The molecule has 0 saturated carbocycles. The fourth-order valence-electron chi connectivity index (χ4n) is 1.11. The van der Waals surface area contributed by atoms with E-state index in [0.717, 1.165) is 0 Å². The smallest absolute Gasteiger partial charge is 0.266 e. The van der Waals surface area contributed by atoms with Gasteiger partial charge in [0.1, 0.15) is 0 Å². The zero-order valence-electron chi connectivity index (χ0n) is 7.94. The van der Waals surface area contributed by atoms with Crippen molar-refractivity contribution in [2.45, 2.75) is 32.5 Å². The van der Waals surface area contributed by atoms with Crippen LogP contribution in [0, 0.1) is 0 Å². The van der Waals surface area contributed by atoms with Crippen LogP contribution in [0.4, 0.5) is 13.2 Å². The lowest BCUT2D eigenvalue weighted by atomic mass is 10.1. The second-order valence-electron chi connectivity index (χ2n) is 3.86. The molecular formula is C7H10F3N3O. The van der Waals surface area contributed by atoms with Gasteiger partial charge in [-0.3, -0.25) is 4.57 Å². The largest absolute Gasteiger partial charge is 0.451 e. The van der Waals surface area contributed by atoms with Gasteiger partial charge in [-0.15, -0.1) is 5.10 Å². The second kappa shape index (κ2) is 2.86. The fourth-order valence-corrected chi connectivity index (χ4v) is 1.11. The van der Waals surface area contributed by atoms with Gasteiger partial charge < -0.3 is 0 Å². The lowest BCUT2D eigenvalue weighted by Crippen LogP contribution is -2.35. The Hall–Kier alpha value is -1.27. The molecular weight excluding hydrogens is 199 g/mol. The molecule has 14 heavy (non-hydrogen) atoms. The molecule has 0 spiro atoms. The molecule has 1 aromatic heterocycles. The predicted molar refractivity (Wildman–Crippen MR) is 42.8 cm³/mol. The van der Waals surface area contributed by atoms with E-state index in [1.807, 2.05) is 0 Å². The topological polar surface area (TPSA) is 50.7 Å². The van der Waals surface area contributed by atoms with Gasteiger partial charge in [0.15, 0.2) is 0 Å². The van der Waals surface area contributed by atoms with Crippen LogP contribution >= 0.6 is 0 Å². The number of H-pyrrole nitrogens is 1. The Balaban J connectivity index is 3.43. The van der Waals surface area contributed by atoms with Crippen LogP contribution in [0.1, 0.15) is 26.6 Å². The average molecular weight is 209 g/mol. The Morgan fingerprint density at radius 1 is 1.29 bits per heavy atom. The lowest BCUT2D eigenvalue weighted by Gasteiger charge is -2.21. The zero-order valence-corrected chi connectivity index (χ0v) is 7.94. The molecule has 1 heterocycles. The normalized spacial score (nSPS) is 13.3. The molecule has 0 amide bonds. The highest BCUT2D eigenvalue weighted by Gasteiger charge is 2.40. The van der Waals surface area contributed by atoms with Gasteiger partial charge in [-0.25, -0.2) is 9.89 Å². The maximum atomic E-state index is 12.3. The van der Waals surface area contributed by atoms with Gasteiger partial charge in [0, 0.05) is 5.54 Å². The Bertz CT molecular complexity index is 382. The molecule has 4 nitrogen and oxygen atoms in total. The van der Waals surface area contributed by atoms with E-state index in [1.165, 1.54) is 20.8 Å². The molecule has 1 rings (SSSR count). The van der Waals surface area contributed by atoms with Crippen molar-refractivity contribution in [2.24, 2.45) is 0 Å². The van der Waals surface area contributed by atoms with Crippen LogP contribution in [0.25, 0.3) is 0 Å². The van der Waals surface area contributed by atoms with Crippen LogP contribution in [-0.4, -0.2) is 14.8 Å². The third-order valence-electron chi connectivity index (χ3n) is 1.60. The summed E-state index contributed by atoms with van der Waals surface area (Å²) < 4.78 is 37.6. The molecule has 0 aliphatic carbocycles. The monoisotopic (exact) mass is 209 g/mol. The van der Waals surface area contributed by atoms with Crippen molar-refractivity contribution in [3.05, 3.63) is 16.3 Å². The number of hydrogen-bond donors (Lipinski definition) is 1. The number of aromatic nitrogens is 3. The Labute approximate surface area is 77.7 Å². The number of hydrogen-bond acceptors (Lipinski definition) is 2. The van der Waals surface area contributed by atoms with E-state index in [-0.39, 0.29) is 0 Å². The summed E-state index contributed by atoms with van der Waals surface area (Å²) in [7, 11) is 0. The SMILES string of the molecule is CC(C)(C)n1c(C(F)(F)F)n[nH]c1=O. The molecule has 0 unspecified atom stereocenters. The van der Waals surface area contributed by atoms with Crippen molar-refractivity contribution >= 4 is 0 Å². The van der Waals surface area contributed by atoms with Crippen LogP contribution in [-0.2, 0) is 11.7 Å². The second-order valence-corrected chi connectivity index (χ2v) is 3.86. The molecule has 1 aromatic rings. The van der Waals surface area contributed by atoms with Crippen LogP contribution in [0.3, 0.4) is 0 Å². The van der Waals surface area contributed by atoms with Crippen molar-refractivity contribution in [3.63, 3.8) is 0 Å². The van der Waals surface area contributed by atoms with Crippen molar-refractivity contribution in [1.29, 1.82) is 0 Å². The number of halogens is 3. The summed E-state index contributed by atoms with van der Waals surface area (Å²) in [5.41, 5.74) is -1.81. The van der Waals surface area contributed by atoms with Gasteiger partial charge in [0.2, 0.25) is 5.82 Å². The van der Waals surface area contributed by atoms with Gasteiger partial charge in [-0.1, -0.05) is 0 Å². The highest BCUT2D eigenvalue weighted by atomic mass is 19.4. The number of nitrogens with zero attached hydrogens (tertiary/aromatic N) is 2. The minimum Gasteiger partial charge on any atom is -0.266 e. The maximum Gasteiger partial charge on any atom is 0.451 e. The molecule has 0 aromatic carbocycles. The summed E-state index contributed by atoms with van der Waals surface area (Å²) in [4.78, 5) is 11.1. The molecule has 0 bridgehead atoms. The standard InChI is InChI=1S/C7H10F3N3O/c1-6(2,3)13-4(7(8,9)10)11-12-5(13)14/h1-3H3,(H,12,14). The molecule has 80 valence electrons. The summed E-state index contributed by atoms with van der Waals surface area (Å²) in [6, 6.07) is 0. The maximum absolute atomic E-state index is 12.3. The first-order valence-electron chi connectivity index (χ1n) is 3.89. The van der Waals surface area contributed by atoms with Crippen molar-refractivity contribution in [3.8, 4) is 0 Å². The van der Waals surface area contributed by atoms with Gasteiger partial charge in [0.05, 0.1) is 0 Å². The van der Waals surface area contributed by atoms with Crippen molar-refractivity contribution in [2.75, 3.05) is 0 Å². The average Bonchev–Trinajstić information content (AvgIpc) is 2.27. The molecule has 1 N–H and O–H groups in total. The first-order valence-corrected chi connectivity index (χ1v) is 3.89. The summed E-state index contributed by atoms with van der Waals surface area (Å²) in [6.45, 7) is 4.50. The fraction of sp³-hybridized carbons (Fsp3) is 0.714. The quantitative estimate of drug-likeness (QED) is 0.701. The van der Waals surface area contributed by atoms with E-state index < -0.39 is 23.2 Å². The molecule has 0 atom stereocenters. The first-order chi connectivity index (χ1) is 6.14. The lowest BCUT2D eigenvalue weighted by molar-refractivity contribution is -0.149. The van der Waals surface area contributed by atoms with Crippen LogP contribution < -0.4 is 5.69 Å². The van der Waals surface area contributed by atoms with E-state index >= 15 is 0 Å². The molecule has 0 fully saturated rings. The molecule has 0 aliphatic rings. The van der Waals surface area contributed by atoms with E-state index in [2.05, 4.69) is 5.10 Å². The Morgan fingerprint density at radius 2 is 1.79 bits per heavy atom. The van der Waals surface area contributed by atoms with Crippen molar-refractivity contribution in [1.82, 2.24) is 14.8 Å². The van der Waals surface area contributed by atoms with Gasteiger partial charge in [-0.2, -0.15) is 13.2 Å². The summed E-state index contributed by atoms with van der Waals surface area (Å²) >= 11 is 0. The highest BCUT2D eigenvalue weighted by Crippen LogP contribution is 2.29. The van der Waals surface area contributed by atoms with E-state index in [1.54, 1.807) is 5.10 Å². The summed E-state index contributed by atoms with van der Waals surface area (Å²) in [5, 5.41) is 4.74. The predicted octanol–water partition coefficient (Wildman–Crippen LogP) is 1.35. The minimum atomic E-state index is -4.62. The third kappa shape index (κ3) is 1.80. The number of nitrogens with one attached hydrogen (secondary N) is 1. The summed E-state index contributed by atoms with van der Waals surface area (Å²) in [6.07, 6.45) is -4.62. The minimum absolute atomic E-state index is 0.590. The molecule has 0 saturated heterocycles. The Morgan fingerprint density at radius 3 is 2.07 bits per heavy atom. The van der Waals surface area contributed by atoms with Gasteiger partial charge in [0.25, 0.3) is 0 Å². The van der Waals surface area contributed by atoms with E-state index in [0.29, 0.717) is 4.57 Å². The number of alkyl halides is 3. The number of rotatable bonds is 0. The Kier molecular flexibility index (Phi) is 2.21. The van der Waals surface area contributed by atoms with Gasteiger partial charge >= 0.3 is 11.9 Å². The van der Waals surface area contributed by atoms with Crippen molar-refractivity contribution < 1.29 is 13.2 Å². The van der Waals surface area contributed by atoms with Crippen LogP contribution in [0.2, 0.25) is 0 Å². The molecule has 0 radical (unpaired) electrons.